The zero-order valence-electron chi connectivity index (χ0n) is 10.9. The lowest BCUT2D eigenvalue weighted by atomic mass is 9.97. The van der Waals surface area contributed by atoms with E-state index in [9.17, 15) is 9.90 Å². The Balaban J connectivity index is 2.81. The summed E-state index contributed by atoms with van der Waals surface area (Å²) in [5.41, 5.74) is 0.264. The van der Waals surface area contributed by atoms with Crippen LogP contribution in [0.15, 0.2) is 12.1 Å². The van der Waals surface area contributed by atoms with Crippen LogP contribution in [0.25, 0.3) is 0 Å². The molecule has 5 heteroatoms. The number of ether oxygens (including phenoxy) is 2. The van der Waals surface area contributed by atoms with Gasteiger partial charge in [0.2, 0.25) is 0 Å². The van der Waals surface area contributed by atoms with Crippen molar-refractivity contribution in [3.05, 3.63) is 21.3 Å². The maximum atomic E-state index is 11.6. The van der Waals surface area contributed by atoms with Gasteiger partial charge < -0.3 is 14.6 Å². The van der Waals surface area contributed by atoms with E-state index in [2.05, 4.69) is 0 Å². The molecule has 0 aliphatic rings. The first-order valence-corrected chi connectivity index (χ1v) is 6.56. The van der Waals surface area contributed by atoms with Gasteiger partial charge in [0.1, 0.15) is 6.61 Å². The quantitative estimate of drug-likeness (QED) is 0.662. The number of hydrogen-bond donors (Lipinski definition) is 1. The second-order valence-electron chi connectivity index (χ2n) is 4.95. The highest BCUT2D eigenvalue weighted by atomic mass is 127. The summed E-state index contributed by atoms with van der Waals surface area (Å²) in [6.45, 7) is 5.58. The van der Waals surface area contributed by atoms with E-state index in [-0.39, 0.29) is 18.3 Å². The molecule has 0 saturated carbocycles. The number of phenolic OH excluding ortho intramolecular Hbond substituents is 1. The average molecular weight is 364 g/mol. The van der Waals surface area contributed by atoms with E-state index in [4.69, 9.17) is 9.47 Å². The fraction of sp³-hybridized carbons (Fsp3) is 0.462. The Kier molecular flexibility index (Phi) is 4.84. The first-order valence-electron chi connectivity index (χ1n) is 5.48. The summed E-state index contributed by atoms with van der Waals surface area (Å²) >= 11 is 2.00. The standard InChI is InChI=1S/C13H17IO4/c1-13(2,3)12(16)18-7-8-5-9(14)11(15)10(6-8)17-4/h5-6,15H,7H2,1-4H3. The lowest BCUT2D eigenvalue weighted by Crippen LogP contribution is -2.22. The molecule has 0 bridgehead atoms. The molecule has 0 atom stereocenters. The van der Waals surface area contributed by atoms with Crippen LogP contribution in [0, 0.1) is 8.99 Å². The number of esters is 1. The molecule has 100 valence electrons. The number of hydrogen-bond acceptors (Lipinski definition) is 4. The van der Waals surface area contributed by atoms with Crippen molar-refractivity contribution in [1.82, 2.24) is 0 Å². The van der Waals surface area contributed by atoms with Crippen LogP contribution >= 0.6 is 22.6 Å². The molecule has 4 nitrogen and oxygen atoms in total. The Labute approximate surface area is 120 Å². The molecule has 0 spiro atoms. The fourth-order valence-corrected chi connectivity index (χ4v) is 1.90. The monoisotopic (exact) mass is 364 g/mol. The summed E-state index contributed by atoms with van der Waals surface area (Å²) in [7, 11) is 1.48. The van der Waals surface area contributed by atoms with Gasteiger partial charge in [-0.05, 0) is 61.1 Å². The maximum absolute atomic E-state index is 11.6. The summed E-state index contributed by atoms with van der Waals surface area (Å²) in [6, 6.07) is 3.42. The number of halogens is 1. The highest BCUT2D eigenvalue weighted by Gasteiger charge is 2.23. The lowest BCUT2D eigenvalue weighted by molar-refractivity contribution is -0.154. The van der Waals surface area contributed by atoms with E-state index in [1.54, 1.807) is 32.9 Å². The Morgan fingerprint density at radius 3 is 2.50 bits per heavy atom. The predicted octanol–water partition coefficient (Wildman–Crippen LogP) is 3.09. The molecular weight excluding hydrogens is 347 g/mol. The Bertz CT molecular complexity index is 449. The smallest absolute Gasteiger partial charge is 0.311 e. The van der Waals surface area contributed by atoms with Crippen LogP contribution in [0.2, 0.25) is 0 Å². The van der Waals surface area contributed by atoms with E-state index < -0.39 is 5.41 Å². The molecule has 18 heavy (non-hydrogen) atoms. The number of benzene rings is 1. The highest BCUT2D eigenvalue weighted by Crippen LogP contribution is 2.32. The first kappa shape index (κ1) is 15.1. The van der Waals surface area contributed by atoms with Crippen LogP contribution in [0.4, 0.5) is 0 Å². The number of rotatable bonds is 3. The number of carbonyl (C=O) groups is 1. The zero-order valence-corrected chi connectivity index (χ0v) is 13.1. The Morgan fingerprint density at radius 1 is 1.39 bits per heavy atom. The molecule has 1 aromatic carbocycles. The Morgan fingerprint density at radius 2 is 2.00 bits per heavy atom. The molecule has 0 aromatic heterocycles. The van der Waals surface area contributed by atoms with Crippen LogP contribution in [-0.4, -0.2) is 18.2 Å². The number of aromatic hydroxyl groups is 1. The Hall–Kier alpha value is -0.980. The summed E-state index contributed by atoms with van der Waals surface area (Å²) in [5, 5.41) is 9.69. The van der Waals surface area contributed by atoms with Gasteiger partial charge in [0.05, 0.1) is 16.1 Å². The molecule has 1 aromatic rings. The normalized spacial score (nSPS) is 11.2. The van der Waals surface area contributed by atoms with Crippen molar-refractivity contribution in [2.75, 3.05) is 7.11 Å². The molecule has 0 fully saturated rings. The number of carbonyl (C=O) groups excluding carboxylic acids is 1. The maximum Gasteiger partial charge on any atom is 0.311 e. The molecule has 0 aliphatic carbocycles. The van der Waals surface area contributed by atoms with Gasteiger partial charge in [-0.3, -0.25) is 4.79 Å². The van der Waals surface area contributed by atoms with Gasteiger partial charge in [0.25, 0.3) is 0 Å². The second kappa shape index (κ2) is 5.77. The molecule has 0 heterocycles. The van der Waals surface area contributed by atoms with Crippen molar-refractivity contribution in [3.8, 4) is 11.5 Å². The number of phenols is 1. The van der Waals surface area contributed by atoms with E-state index >= 15 is 0 Å². The predicted molar refractivity (Wildman–Crippen MR) is 76.6 cm³/mol. The minimum atomic E-state index is -0.520. The van der Waals surface area contributed by atoms with Gasteiger partial charge in [0, 0.05) is 0 Å². The van der Waals surface area contributed by atoms with Gasteiger partial charge in [-0.2, -0.15) is 0 Å². The summed E-state index contributed by atoms with van der Waals surface area (Å²) in [6.07, 6.45) is 0. The van der Waals surface area contributed by atoms with Crippen molar-refractivity contribution < 1.29 is 19.4 Å². The van der Waals surface area contributed by atoms with Crippen LogP contribution in [-0.2, 0) is 16.1 Å². The first-order chi connectivity index (χ1) is 8.25. The molecule has 0 radical (unpaired) electrons. The SMILES string of the molecule is COc1cc(COC(=O)C(C)(C)C)cc(I)c1O. The van der Waals surface area contributed by atoms with Crippen molar-refractivity contribution in [3.63, 3.8) is 0 Å². The van der Waals surface area contributed by atoms with Crippen LogP contribution < -0.4 is 4.74 Å². The largest absolute Gasteiger partial charge is 0.504 e. The second-order valence-corrected chi connectivity index (χ2v) is 6.12. The van der Waals surface area contributed by atoms with Gasteiger partial charge in [-0.25, -0.2) is 0 Å². The van der Waals surface area contributed by atoms with E-state index in [1.165, 1.54) is 7.11 Å². The highest BCUT2D eigenvalue weighted by molar-refractivity contribution is 14.1. The van der Waals surface area contributed by atoms with Crippen molar-refractivity contribution in [1.29, 1.82) is 0 Å². The molecule has 1 rings (SSSR count). The average Bonchev–Trinajstić information content (AvgIpc) is 2.28. The van der Waals surface area contributed by atoms with Gasteiger partial charge in [-0.1, -0.05) is 0 Å². The van der Waals surface area contributed by atoms with Crippen LogP contribution in [0.5, 0.6) is 11.5 Å². The summed E-state index contributed by atoms with van der Waals surface area (Å²) < 4.78 is 10.9. The fourth-order valence-electron chi connectivity index (χ4n) is 1.23. The summed E-state index contributed by atoms with van der Waals surface area (Å²) in [5.74, 6) is 0.220. The van der Waals surface area contributed by atoms with E-state index in [0.717, 1.165) is 5.56 Å². The van der Waals surface area contributed by atoms with E-state index in [1.807, 2.05) is 22.6 Å². The molecule has 0 unspecified atom stereocenters. The third kappa shape index (κ3) is 3.76. The topological polar surface area (TPSA) is 55.8 Å². The van der Waals surface area contributed by atoms with Crippen molar-refractivity contribution >= 4 is 28.6 Å². The third-order valence-electron chi connectivity index (χ3n) is 2.29. The van der Waals surface area contributed by atoms with Gasteiger partial charge in [0.15, 0.2) is 11.5 Å². The minimum Gasteiger partial charge on any atom is -0.504 e. The van der Waals surface area contributed by atoms with Crippen LogP contribution in [0.1, 0.15) is 26.3 Å². The van der Waals surface area contributed by atoms with Crippen molar-refractivity contribution in [2.45, 2.75) is 27.4 Å². The molecule has 0 aliphatic heterocycles. The van der Waals surface area contributed by atoms with Crippen molar-refractivity contribution in [2.24, 2.45) is 5.41 Å². The third-order valence-corrected chi connectivity index (χ3v) is 3.11. The minimum absolute atomic E-state index is 0.101. The number of methoxy groups -OCH3 is 1. The molecule has 0 amide bonds. The van der Waals surface area contributed by atoms with Crippen LogP contribution in [0.3, 0.4) is 0 Å². The zero-order chi connectivity index (χ0) is 13.9. The lowest BCUT2D eigenvalue weighted by Gasteiger charge is -2.17. The molecule has 0 saturated heterocycles. The molecule has 1 N–H and O–H groups in total. The molecular formula is C13H17IO4. The summed E-state index contributed by atoms with van der Waals surface area (Å²) in [4.78, 5) is 11.6. The van der Waals surface area contributed by atoms with Gasteiger partial charge >= 0.3 is 5.97 Å². The van der Waals surface area contributed by atoms with E-state index in [0.29, 0.717) is 9.32 Å². The van der Waals surface area contributed by atoms with Gasteiger partial charge in [-0.15, -0.1) is 0 Å².